The number of aromatic hydroxyl groups is 1. The standard InChI is InChI=1S/C30H40N2O6/c1-30(2,3)38-29(36)31-17-9-14-24(33)32-21-11-8-10-20(18-21)25(19-15-16-19)26-27(34)22-12-6-4-5-7-13-23(22)37-28(26)35/h8,10-11,18-19,25,34H,4-7,9,12-17H2,1-3H3,(H,31,36)(H,32,33). The Labute approximate surface area is 224 Å². The van der Waals surface area contributed by atoms with Gasteiger partial charge in [0.05, 0.1) is 5.56 Å². The van der Waals surface area contributed by atoms with Crippen molar-refractivity contribution >= 4 is 17.7 Å². The Morgan fingerprint density at radius 3 is 2.58 bits per heavy atom. The second-order valence-corrected chi connectivity index (χ2v) is 11.5. The van der Waals surface area contributed by atoms with E-state index >= 15 is 0 Å². The van der Waals surface area contributed by atoms with Crippen LogP contribution in [0.25, 0.3) is 0 Å². The first kappa shape index (κ1) is 27.7. The topological polar surface area (TPSA) is 118 Å². The number of amides is 2. The molecule has 1 fully saturated rings. The zero-order chi connectivity index (χ0) is 27.3. The van der Waals surface area contributed by atoms with Gasteiger partial charge in [-0.15, -0.1) is 0 Å². The zero-order valence-corrected chi connectivity index (χ0v) is 22.7. The molecule has 8 heteroatoms. The number of hydrogen-bond acceptors (Lipinski definition) is 6. The van der Waals surface area contributed by atoms with Crippen LogP contribution in [0.15, 0.2) is 33.5 Å². The summed E-state index contributed by atoms with van der Waals surface area (Å²) in [5.41, 5.74) is 1.63. The molecule has 1 heterocycles. The van der Waals surface area contributed by atoms with E-state index in [1.807, 2.05) is 24.3 Å². The van der Waals surface area contributed by atoms with Gasteiger partial charge >= 0.3 is 11.7 Å². The number of hydrogen-bond donors (Lipinski definition) is 3. The lowest BCUT2D eigenvalue weighted by molar-refractivity contribution is -0.116. The van der Waals surface area contributed by atoms with Gasteiger partial charge in [-0.2, -0.15) is 0 Å². The van der Waals surface area contributed by atoms with Gasteiger partial charge in [-0.3, -0.25) is 4.79 Å². The van der Waals surface area contributed by atoms with Crippen LogP contribution in [0.1, 0.15) is 101 Å². The predicted molar refractivity (Wildman–Crippen MR) is 146 cm³/mol. The van der Waals surface area contributed by atoms with E-state index < -0.39 is 17.3 Å². The molecule has 0 saturated heterocycles. The number of benzene rings is 1. The van der Waals surface area contributed by atoms with Crippen molar-refractivity contribution in [3.8, 4) is 5.75 Å². The van der Waals surface area contributed by atoms with Crippen molar-refractivity contribution in [1.82, 2.24) is 5.32 Å². The van der Waals surface area contributed by atoms with Crippen molar-refractivity contribution < 1.29 is 23.8 Å². The van der Waals surface area contributed by atoms with Crippen LogP contribution < -0.4 is 16.3 Å². The normalized spacial score (nSPS) is 16.5. The van der Waals surface area contributed by atoms with Crippen molar-refractivity contribution in [1.29, 1.82) is 0 Å². The fourth-order valence-corrected chi connectivity index (χ4v) is 5.19. The van der Waals surface area contributed by atoms with E-state index in [1.165, 1.54) is 0 Å². The Balaban J connectivity index is 1.45. The molecule has 2 aliphatic rings. The Hall–Kier alpha value is -3.29. The molecule has 1 unspecified atom stereocenters. The Morgan fingerprint density at radius 2 is 1.87 bits per heavy atom. The molecule has 0 aliphatic heterocycles. The summed E-state index contributed by atoms with van der Waals surface area (Å²) >= 11 is 0. The van der Waals surface area contributed by atoms with Crippen LogP contribution in [0, 0.1) is 5.92 Å². The first-order chi connectivity index (χ1) is 18.1. The van der Waals surface area contributed by atoms with Crippen molar-refractivity contribution in [3.05, 3.63) is 57.1 Å². The van der Waals surface area contributed by atoms with Crippen LogP contribution in [0.2, 0.25) is 0 Å². The molecule has 2 aromatic rings. The smallest absolute Gasteiger partial charge is 0.407 e. The molecular weight excluding hydrogens is 484 g/mol. The summed E-state index contributed by atoms with van der Waals surface area (Å²) in [4.78, 5) is 37.5. The highest BCUT2D eigenvalue weighted by Crippen LogP contribution is 2.49. The minimum absolute atomic E-state index is 0.0991. The van der Waals surface area contributed by atoms with Gasteiger partial charge < -0.3 is 24.9 Å². The molecular formula is C30H40N2O6. The lowest BCUT2D eigenvalue weighted by Gasteiger charge is -2.22. The SMILES string of the molecule is CC(C)(C)OC(=O)NCCCC(=O)Nc1cccc(C(c2c(O)c3c(oc2=O)CCCCCC3)C2CC2)c1. The first-order valence-electron chi connectivity index (χ1n) is 13.9. The monoisotopic (exact) mass is 524 g/mol. The Kier molecular flexibility index (Phi) is 8.80. The quantitative estimate of drug-likeness (QED) is 0.376. The van der Waals surface area contributed by atoms with Crippen LogP contribution in [-0.4, -0.2) is 29.3 Å². The Morgan fingerprint density at radius 1 is 1.13 bits per heavy atom. The van der Waals surface area contributed by atoms with Gasteiger partial charge in [-0.1, -0.05) is 25.0 Å². The number of anilines is 1. The molecule has 2 amide bonds. The summed E-state index contributed by atoms with van der Waals surface area (Å²) in [5.74, 6) is 0.534. The van der Waals surface area contributed by atoms with E-state index in [1.54, 1.807) is 20.8 Å². The summed E-state index contributed by atoms with van der Waals surface area (Å²) in [5, 5.41) is 16.9. The maximum absolute atomic E-state index is 13.2. The fraction of sp³-hybridized carbons (Fsp3) is 0.567. The maximum Gasteiger partial charge on any atom is 0.407 e. The number of rotatable bonds is 8. The second kappa shape index (κ2) is 12.0. The van der Waals surface area contributed by atoms with Gasteiger partial charge in [-0.25, -0.2) is 9.59 Å². The molecule has 3 N–H and O–H groups in total. The van der Waals surface area contributed by atoms with E-state index in [4.69, 9.17) is 9.15 Å². The zero-order valence-electron chi connectivity index (χ0n) is 22.7. The molecule has 206 valence electrons. The molecule has 1 aromatic carbocycles. The molecule has 0 spiro atoms. The molecule has 2 aliphatic carbocycles. The van der Waals surface area contributed by atoms with Gasteiger partial charge in [0, 0.05) is 36.6 Å². The van der Waals surface area contributed by atoms with Gasteiger partial charge in [-0.05, 0) is 82.9 Å². The maximum atomic E-state index is 13.2. The minimum Gasteiger partial charge on any atom is -0.507 e. The summed E-state index contributed by atoms with van der Waals surface area (Å²) in [6.07, 6.45) is 7.70. The summed E-state index contributed by atoms with van der Waals surface area (Å²) in [7, 11) is 0. The van der Waals surface area contributed by atoms with E-state index in [-0.39, 0.29) is 29.9 Å². The number of alkyl carbamates (subject to hydrolysis) is 1. The van der Waals surface area contributed by atoms with Crippen LogP contribution in [-0.2, 0) is 22.4 Å². The van der Waals surface area contributed by atoms with Gasteiger partial charge in [0.1, 0.15) is 17.1 Å². The third-order valence-corrected chi connectivity index (χ3v) is 7.08. The van der Waals surface area contributed by atoms with E-state index in [9.17, 15) is 19.5 Å². The lowest BCUT2D eigenvalue weighted by atomic mass is 9.85. The molecule has 4 rings (SSSR count). The number of fused-ring (bicyclic) bond motifs is 1. The highest BCUT2D eigenvalue weighted by molar-refractivity contribution is 5.90. The number of carbonyl (C=O) groups is 2. The molecule has 1 saturated carbocycles. The van der Waals surface area contributed by atoms with Gasteiger partial charge in [0.25, 0.3) is 0 Å². The van der Waals surface area contributed by atoms with Crippen LogP contribution in [0.4, 0.5) is 10.5 Å². The van der Waals surface area contributed by atoms with Crippen LogP contribution >= 0.6 is 0 Å². The highest BCUT2D eigenvalue weighted by Gasteiger charge is 2.38. The fourth-order valence-electron chi connectivity index (χ4n) is 5.19. The third-order valence-electron chi connectivity index (χ3n) is 7.08. The average molecular weight is 525 g/mol. The largest absolute Gasteiger partial charge is 0.507 e. The summed E-state index contributed by atoms with van der Waals surface area (Å²) in [6, 6.07) is 7.50. The third kappa shape index (κ3) is 7.39. The second-order valence-electron chi connectivity index (χ2n) is 11.5. The van der Waals surface area contributed by atoms with Crippen molar-refractivity contribution in [2.45, 2.75) is 96.5 Å². The molecule has 0 bridgehead atoms. The van der Waals surface area contributed by atoms with Crippen LogP contribution in [0.5, 0.6) is 5.75 Å². The number of carbonyl (C=O) groups excluding carboxylic acids is 2. The number of ether oxygens (including phenoxy) is 1. The number of aryl methyl sites for hydroxylation is 1. The van der Waals surface area contributed by atoms with Crippen LogP contribution in [0.3, 0.4) is 0 Å². The van der Waals surface area contributed by atoms with E-state index in [0.717, 1.165) is 49.7 Å². The first-order valence-corrected chi connectivity index (χ1v) is 13.9. The molecule has 38 heavy (non-hydrogen) atoms. The highest BCUT2D eigenvalue weighted by atomic mass is 16.6. The summed E-state index contributed by atoms with van der Waals surface area (Å²) in [6.45, 7) is 5.72. The predicted octanol–water partition coefficient (Wildman–Crippen LogP) is 5.79. The molecule has 8 nitrogen and oxygen atoms in total. The molecule has 0 radical (unpaired) electrons. The van der Waals surface area contributed by atoms with Gasteiger partial charge in [0.2, 0.25) is 5.91 Å². The van der Waals surface area contributed by atoms with Crippen molar-refractivity contribution in [3.63, 3.8) is 0 Å². The van der Waals surface area contributed by atoms with E-state index in [0.29, 0.717) is 42.8 Å². The van der Waals surface area contributed by atoms with E-state index in [2.05, 4.69) is 10.6 Å². The average Bonchev–Trinajstić information content (AvgIpc) is 3.65. The Bertz CT molecular complexity index is 1210. The summed E-state index contributed by atoms with van der Waals surface area (Å²) < 4.78 is 11.0. The lowest BCUT2D eigenvalue weighted by Crippen LogP contribution is -2.33. The van der Waals surface area contributed by atoms with Crippen molar-refractivity contribution in [2.75, 3.05) is 11.9 Å². The molecule has 1 aromatic heterocycles. The van der Waals surface area contributed by atoms with Gasteiger partial charge in [0.15, 0.2) is 0 Å². The number of nitrogens with one attached hydrogen (secondary N) is 2. The van der Waals surface area contributed by atoms with Crippen molar-refractivity contribution in [2.24, 2.45) is 5.92 Å². The molecule has 1 atom stereocenters. The minimum atomic E-state index is -0.569.